The van der Waals surface area contributed by atoms with E-state index >= 15 is 0 Å². The fourth-order valence-electron chi connectivity index (χ4n) is 1.87. The Hall–Kier alpha value is -2.30. The minimum Gasteiger partial charge on any atom is -0.381 e. The van der Waals surface area contributed by atoms with E-state index in [4.69, 9.17) is 0 Å². The van der Waals surface area contributed by atoms with E-state index in [9.17, 15) is 9.59 Å². The first kappa shape index (κ1) is 13.1. The Labute approximate surface area is 111 Å². The number of nitrogens with one attached hydrogen (secondary N) is 1. The van der Waals surface area contributed by atoms with Crippen molar-refractivity contribution < 1.29 is 0 Å². The zero-order valence-electron chi connectivity index (χ0n) is 11.3. The number of rotatable bonds is 3. The van der Waals surface area contributed by atoms with Crippen molar-refractivity contribution in [1.82, 2.24) is 9.13 Å². The molecule has 0 bridgehead atoms. The fourth-order valence-corrected chi connectivity index (χ4v) is 1.87. The van der Waals surface area contributed by atoms with Gasteiger partial charge in [-0.1, -0.05) is 17.7 Å². The molecule has 19 heavy (non-hydrogen) atoms. The molecule has 0 aliphatic rings. The average molecular weight is 259 g/mol. The summed E-state index contributed by atoms with van der Waals surface area (Å²) in [6, 6.07) is 7.92. The van der Waals surface area contributed by atoms with Crippen molar-refractivity contribution >= 4 is 5.69 Å². The summed E-state index contributed by atoms with van der Waals surface area (Å²) in [6.45, 7) is 2.41. The molecule has 0 amide bonds. The molecule has 1 heterocycles. The fraction of sp³-hybridized carbons (Fsp3) is 0.286. The Morgan fingerprint density at radius 1 is 1.11 bits per heavy atom. The van der Waals surface area contributed by atoms with Gasteiger partial charge in [-0.15, -0.1) is 0 Å². The van der Waals surface area contributed by atoms with Gasteiger partial charge in [0.25, 0.3) is 5.56 Å². The summed E-state index contributed by atoms with van der Waals surface area (Å²) in [6.07, 6.45) is 1.58. The van der Waals surface area contributed by atoms with Gasteiger partial charge in [0.05, 0.1) is 5.56 Å². The van der Waals surface area contributed by atoms with E-state index in [2.05, 4.69) is 5.32 Å². The van der Waals surface area contributed by atoms with Crippen LogP contribution < -0.4 is 16.6 Å². The lowest BCUT2D eigenvalue weighted by Crippen LogP contribution is -2.38. The van der Waals surface area contributed by atoms with Crippen molar-refractivity contribution in [1.29, 1.82) is 0 Å². The number of hydrogen-bond donors (Lipinski definition) is 1. The third-order valence-corrected chi connectivity index (χ3v) is 3.05. The highest BCUT2D eigenvalue weighted by Crippen LogP contribution is 2.09. The Balaban J connectivity index is 2.23. The van der Waals surface area contributed by atoms with Crippen LogP contribution in [0.2, 0.25) is 0 Å². The largest absolute Gasteiger partial charge is 0.381 e. The lowest BCUT2D eigenvalue weighted by atomic mass is 10.2. The Morgan fingerprint density at radius 2 is 1.74 bits per heavy atom. The molecule has 100 valence electrons. The van der Waals surface area contributed by atoms with Crippen LogP contribution >= 0.6 is 0 Å². The number of nitrogens with zero attached hydrogens (tertiary/aromatic N) is 2. The van der Waals surface area contributed by atoms with Crippen molar-refractivity contribution in [2.45, 2.75) is 13.5 Å². The predicted octanol–water partition coefficient (Wildman–Crippen LogP) is 1.00. The summed E-state index contributed by atoms with van der Waals surface area (Å²) in [5.41, 5.74) is 2.11. The van der Waals surface area contributed by atoms with E-state index in [0.717, 1.165) is 10.3 Å². The van der Waals surface area contributed by atoms with Crippen molar-refractivity contribution in [3.63, 3.8) is 0 Å². The van der Waals surface area contributed by atoms with E-state index in [1.165, 1.54) is 17.2 Å². The molecule has 5 nitrogen and oxygen atoms in total. The molecular formula is C14H17N3O2. The normalized spacial score (nSPS) is 10.5. The van der Waals surface area contributed by atoms with Gasteiger partial charge in [-0.05, 0) is 19.1 Å². The van der Waals surface area contributed by atoms with E-state index in [0.29, 0.717) is 12.1 Å². The maximum absolute atomic E-state index is 11.9. The second-order valence-electron chi connectivity index (χ2n) is 4.63. The van der Waals surface area contributed by atoms with Crippen LogP contribution in [0.15, 0.2) is 40.1 Å². The smallest absolute Gasteiger partial charge is 0.330 e. The third kappa shape index (κ3) is 2.76. The van der Waals surface area contributed by atoms with Gasteiger partial charge in [0.15, 0.2) is 0 Å². The van der Waals surface area contributed by atoms with Crippen molar-refractivity contribution in [3.05, 3.63) is 62.4 Å². The monoisotopic (exact) mass is 259 g/mol. The molecule has 0 radical (unpaired) electrons. The minimum absolute atomic E-state index is 0.261. The maximum atomic E-state index is 11.9. The van der Waals surface area contributed by atoms with E-state index in [-0.39, 0.29) is 11.2 Å². The van der Waals surface area contributed by atoms with Gasteiger partial charge in [-0.25, -0.2) is 4.79 Å². The highest BCUT2D eigenvalue weighted by Gasteiger charge is 2.06. The number of aromatic nitrogens is 2. The third-order valence-electron chi connectivity index (χ3n) is 3.05. The first-order valence-electron chi connectivity index (χ1n) is 6.05. The minimum atomic E-state index is -0.316. The van der Waals surface area contributed by atoms with Gasteiger partial charge < -0.3 is 9.88 Å². The van der Waals surface area contributed by atoms with Crippen molar-refractivity contribution in [3.8, 4) is 0 Å². The highest BCUT2D eigenvalue weighted by atomic mass is 16.2. The highest BCUT2D eigenvalue weighted by molar-refractivity contribution is 5.44. The molecule has 0 saturated carbocycles. The first-order valence-corrected chi connectivity index (χ1v) is 6.05. The Bertz CT molecular complexity index is 696. The number of aryl methyl sites for hydroxylation is 2. The summed E-state index contributed by atoms with van der Waals surface area (Å²) in [4.78, 5) is 23.5. The van der Waals surface area contributed by atoms with Gasteiger partial charge in [-0.2, -0.15) is 0 Å². The second kappa shape index (κ2) is 5.14. The molecule has 0 aliphatic heterocycles. The first-order chi connectivity index (χ1) is 8.99. The van der Waals surface area contributed by atoms with Crippen LogP contribution in [-0.2, 0) is 20.6 Å². The zero-order chi connectivity index (χ0) is 14.0. The van der Waals surface area contributed by atoms with Gasteiger partial charge in [0, 0.05) is 32.5 Å². The molecule has 0 spiro atoms. The van der Waals surface area contributed by atoms with Crippen LogP contribution in [0.1, 0.15) is 11.1 Å². The molecule has 0 unspecified atom stereocenters. The molecule has 1 aromatic heterocycles. The van der Waals surface area contributed by atoms with Crippen molar-refractivity contribution in [2.75, 3.05) is 5.32 Å². The molecule has 0 fully saturated rings. The average Bonchev–Trinajstić information content (AvgIpc) is 2.41. The quantitative estimate of drug-likeness (QED) is 0.895. The van der Waals surface area contributed by atoms with E-state index in [1.807, 2.05) is 31.2 Å². The maximum Gasteiger partial charge on any atom is 0.330 e. The molecule has 0 aliphatic carbocycles. The van der Waals surface area contributed by atoms with E-state index in [1.54, 1.807) is 13.2 Å². The number of anilines is 1. The Morgan fingerprint density at radius 3 is 2.37 bits per heavy atom. The number of benzene rings is 1. The molecule has 1 N–H and O–H groups in total. The SMILES string of the molecule is Cc1ccc(NCc2cn(C)c(=O)n(C)c2=O)cc1. The summed E-state index contributed by atoms with van der Waals surface area (Å²) < 4.78 is 2.53. The molecule has 5 heteroatoms. The van der Waals surface area contributed by atoms with Crippen LogP contribution in [0, 0.1) is 6.92 Å². The van der Waals surface area contributed by atoms with Gasteiger partial charge in [-0.3, -0.25) is 9.36 Å². The second-order valence-corrected chi connectivity index (χ2v) is 4.63. The van der Waals surface area contributed by atoms with Gasteiger partial charge in [0.2, 0.25) is 0 Å². The zero-order valence-corrected chi connectivity index (χ0v) is 11.3. The van der Waals surface area contributed by atoms with Gasteiger partial charge >= 0.3 is 5.69 Å². The molecule has 0 atom stereocenters. The molecular weight excluding hydrogens is 242 g/mol. The summed E-state index contributed by atoms with van der Waals surface area (Å²) in [5, 5.41) is 3.17. The molecule has 2 rings (SSSR count). The topological polar surface area (TPSA) is 56.0 Å². The lowest BCUT2D eigenvalue weighted by Gasteiger charge is -2.09. The molecule has 0 saturated heterocycles. The lowest BCUT2D eigenvalue weighted by molar-refractivity contribution is 0.671. The van der Waals surface area contributed by atoms with Crippen LogP contribution in [0.5, 0.6) is 0 Å². The standard InChI is InChI=1S/C14H17N3O2/c1-10-4-6-12(7-5-10)15-8-11-9-16(2)14(19)17(3)13(11)18/h4-7,9,15H,8H2,1-3H3. The molecule has 1 aromatic carbocycles. The van der Waals surface area contributed by atoms with E-state index < -0.39 is 0 Å². The van der Waals surface area contributed by atoms with Crippen molar-refractivity contribution in [2.24, 2.45) is 14.1 Å². The predicted molar refractivity (Wildman–Crippen MR) is 75.4 cm³/mol. The van der Waals surface area contributed by atoms with Crippen LogP contribution in [0.4, 0.5) is 5.69 Å². The summed E-state index contributed by atoms with van der Waals surface area (Å²) in [7, 11) is 3.12. The van der Waals surface area contributed by atoms with Crippen LogP contribution in [-0.4, -0.2) is 9.13 Å². The summed E-state index contributed by atoms with van der Waals surface area (Å²) >= 11 is 0. The number of hydrogen-bond acceptors (Lipinski definition) is 3. The Kier molecular flexibility index (Phi) is 3.55. The van der Waals surface area contributed by atoms with Crippen LogP contribution in [0.3, 0.4) is 0 Å². The van der Waals surface area contributed by atoms with Crippen LogP contribution in [0.25, 0.3) is 0 Å². The van der Waals surface area contributed by atoms with Gasteiger partial charge in [0.1, 0.15) is 0 Å². The molecule has 2 aromatic rings. The summed E-state index contributed by atoms with van der Waals surface area (Å²) in [5.74, 6) is 0.